The monoisotopic (exact) mass is 414 g/mol. The minimum absolute atomic E-state index is 0.122. The minimum atomic E-state index is -0.382. The van der Waals surface area contributed by atoms with Gasteiger partial charge in [0.25, 0.3) is 0 Å². The van der Waals surface area contributed by atoms with Crippen molar-refractivity contribution in [2.75, 3.05) is 25.1 Å². The highest BCUT2D eigenvalue weighted by Gasteiger charge is 2.15. The van der Waals surface area contributed by atoms with E-state index in [1.807, 2.05) is 31.2 Å². The normalized spacial score (nSPS) is 13.0. The van der Waals surface area contributed by atoms with Crippen LogP contribution in [0.4, 0.5) is 5.69 Å². The van der Waals surface area contributed by atoms with Crippen molar-refractivity contribution in [3.05, 3.63) is 58.6 Å². The largest absolute Gasteiger partial charge is 0.489 e. The molecule has 152 valence electrons. The van der Waals surface area contributed by atoms with Crippen LogP contribution in [-0.4, -0.2) is 31.6 Å². The Morgan fingerprint density at radius 2 is 1.97 bits per heavy atom. The molecule has 2 aromatic carbocycles. The lowest BCUT2D eigenvalue weighted by Crippen LogP contribution is -2.31. The molecule has 1 heterocycles. The Hall–Kier alpha value is -2.99. The first-order valence-electron chi connectivity index (χ1n) is 9.49. The van der Waals surface area contributed by atoms with Gasteiger partial charge in [0.2, 0.25) is 11.8 Å². The summed E-state index contributed by atoms with van der Waals surface area (Å²) >= 11 is 6.25. The van der Waals surface area contributed by atoms with E-state index in [-0.39, 0.29) is 18.4 Å². The van der Waals surface area contributed by atoms with E-state index >= 15 is 0 Å². The van der Waals surface area contributed by atoms with E-state index in [1.54, 1.807) is 18.2 Å². The molecule has 0 unspecified atom stereocenters. The molecule has 29 heavy (non-hydrogen) atoms. The van der Waals surface area contributed by atoms with Crippen LogP contribution >= 0.6 is 11.6 Å². The summed E-state index contributed by atoms with van der Waals surface area (Å²) in [6, 6.07) is 11.0. The number of nitrogens with one attached hydrogen (secondary N) is 2. The number of rotatable bonds is 6. The molecule has 0 radical (unpaired) electrons. The van der Waals surface area contributed by atoms with E-state index in [2.05, 4.69) is 10.6 Å². The number of amides is 2. The fourth-order valence-electron chi connectivity index (χ4n) is 2.89. The summed E-state index contributed by atoms with van der Waals surface area (Å²) < 4.78 is 11.2. The average Bonchev–Trinajstić information content (AvgIpc) is 2.97. The molecule has 3 rings (SSSR count). The van der Waals surface area contributed by atoms with Gasteiger partial charge in [-0.2, -0.15) is 0 Å². The Labute approximate surface area is 174 Å². The molecular weight excluding hydrogens is 392 g/mol. The fraction of sp³-hybridized carbons (Fsp3) is 0.273. The SMILES string of the molecule is CCc1ccccc1NC(=O)CNC(=O)/C=C/c1cc(Cl)c2c(c1)OCCCO2. The van der Waals surface area contributed by atoms with Crippen LogP contribution in [0, 0.1) is 0 Å². The third-order valence-electron chi connectivity index (χ3n) is 4.35. The van der Waals surface area contributed by atoms with Crippen molar-refractivity contribution in [1.29, 1.82) is 0 Å². The van der Waals surface area contributed by atoms with E-state index in [0.29, 0.717) is 35.3 Å². The highest BCUT2D eigenvalue weighted by atomic mass is 35.5. The number of para-hydroxylation sites is 1. The van der Waals surface area contributed by atoms with Gasteiger partial charge in [0, 0.05) is 18.2 Å². The molecule has 0 saturated heterocycles. The smallest absolute Gasteiger partial charge is 0.244 e. The van der Waals surface area contributed by atoms with Crippen LogP contribution in [-0.2, 0) is 16.0 Å². The Morgan fingerprint density at radius 3 is 2.79 bits per heavy atom. The summed E-state index contributed by atoms with van der Waals surface area (Å²) in [7, 11) is 0. The second-order valence-electron chi connectivity index (χ2n) is 6.49. The highest BCUT2D eigenvalue weighted by molar-refractivity contribution is 6.32. The number of halogens is 1. The number of hydrogen-bond acceptors (Lipinski definition) is 4. The van der Waals surface area contributed by atoms with Crippen LogP contribution in [0.2, 0.25) is 5.02 Å². The van der Waals surface area contributed by atoms with Crippen molar-refractivity contribution in [1.82, 2.24) is 5.32 Å². The van der Waals surface area contributed by atoms with E-state index in [0.717, 1.165) is 24.1 Å². The third kappa shape index (κ3) is 5.74. The molecule has 0 bridgehead atoms. The highest BCUT2D eigenvalue weighted by Crippen LogP contribution is 2.38. The van der Waals surface area contributed by atoms with Gasteiger partial charge in [0.05, 0.1) is 24.8 Å². The molecule has 2 N–H and O–H groups in total. The maximum Gasteiger partial charge on any atom is 0.244 e. The first kappa shape index (κ1) is 20.7. The van der Waals surface area contributed by atoms with Crippen LogP contribution in [0.25, 0.3) is 6.08 Å². The third-order valence-corrected chi connectivity index (χ3v) is 4.63. The van der Waals surface area contributed by atoms with Crippen molar-refractivity contribution in [3.8, 4) is 11.5 Å². The lowest BCUT2D eigenvalue weighted by atomic mass is 10.1. The molecule has 0 aliphatic carbocycles. The maximum atomic E-state index is 12.1. The van der Waals surface area contributed by atoms with Gasteiger partial charge >= 0.3 is 0 Å². The lowest BCUT2D eigenvalue weighted by Gasteiger charge is -2.10. The number of ether oxygens (including phenoxy) is 2. The molecule has 6 nitrogen and oxygen atoms in total. The van der Waals surface area contributed by atoms with Gasteiger partial charge in [0.15, 0.2) is 11.5 Å². The first-order chi connectivity index (χ1) is 14.1. The standard InChI is InChI=1S/C22H23ClN2O4/c1-2-16-6-3-4-7-18(16)25-21(27)14-24-20(26)9-8-15-12-17(23)22-19(13-15)28-10-5-11-29-22/h3-4,6-9,12-13H,2,5,10-11,14H2,1H3,(H,24,26)(H,25,27)/b9-8+. The van der Waals surface area contributed by atoms with Gasteiger partial charge in [-0.3, -0.25) is 9.59 Å². The van der Waals surface area contributed by atoms with E-state index in [4.69, 9.17) is 21.1 Å². The molecule has 0 saturated carbocycles. The Bertz CT molecular complexity index is 927. The summed E-state index contributed by atoms with van der Waals surface area (Å²) in [5.74, 6) is 0.414. The van der Waals surface area contributed by atoms with Crippen LogP contribution in [0.5, 0.6) is 11.5 Å². The zero-order valence-corrected chi connectivity index (χ0v) is 16.9. The Kier molecular flexibility index (Phi) is 7.14. The second kappa shape index (κ2) is 9.98. The summed E-state index contributed by atoms with van der Waals surface area (Å²) in [4.78, 5) is 24.2. The fourth-order valence-corrected chi connectivity index (χ4v) is 3.16. The van der Waals surface area contributed by atoms with Gasteiger partial charge in [0.1, 0.15) is 0 Å². The maximum absolute atomic E-state index is 12.1. The van der Waals surface area contributed by atoms with Crippen molar-refractivity contribution in [2.24, 2.45) is 0 Å². The van der Waals surface area contributed by atoms with Gasteiger partial charge in [-0.15, -0.1) is 0 Å². The molecule has 7 heteroatoms. The van der Waals surface area contributed by atoms with E-state index < -0.39 is 0 Å². The molecule has 0 aromatic heterocycles. The minimum Gasteiger partial charge on any atom is -0.489 e. The zero-order chi connectivity index (χ0) is 20.6. The number of aryl methyl sites for hydroxylation is 1. The summed E-state index contributed by atoms with van der Waals surface area (Å²) in [5, 5.41) is 5.81. The average molecular weight is 415 g/mol. The molecule has 0 fully saturated rings. The van der Waals surface area contributed by atoms with Crippen molar-refractivity contribution in [2.45, 2.75) is 19.8 Å². The number of hydrogen-bond donors (Lipinski definition) is 2. The lowest BCUT2D eigenvalue weighted by molar-refractivity contribution is -0.121. The summed E-state index contributed by atoms with van der Waals surface area (Å²) in [6.45, 7) is 2.99. The zero-order valence-electron chi connectivity index (χ0n) is 16.2. The molecule has 0 atom stereocenters. The Balaban J connectivity index is 1.55. The van der Waals surface area contributed by atoms with Crippen LogP contribution < -0.4 is 20.1 Å². The van der Waals surface area contributed by atoms with Crippen molar-refractivity contribution < 1.29 is 19.1 Å². The number of carbonyl (C=O) groups is 2. The molecule has 1 aliphatic rings. The summed E-state index contributed by atoms with van der Waals surface area (Å²) in [5.41, 5.74) is 2.50. The number of fused-ring (bicyclic) bond motifs is 1. The van der Waals surface area contributed by atoms with Crippen molar-refractivity contribution in [3.63, 3.8) is 0 Å². The predicted molar refractivity (Wildman–Crippen MR) is 114 cm³/mol. The van der Waals surface area contributed by atoms with Gasteiger partial charge in [-0.05, 0) is 41.8 Å². The van der Waals surface area contributed by atoms with Gasteiger partial charge < -0.3 is 20.1 Å². The van der Waals surface area contributed by atoms with Crippen LogP contribution in [0.15, 0.2) is 42.5 Å². The molecule has 1 aliphatic heterocycles. The topological polar surface area (TPSA) is 76.7 Å². The summed E-state index contributed by atoms with van der Waals surface area (Å²) in [6.07, 6.45) is 4.55. The van der Waals surface area contributed by atoms with Gasteiger partial charge in [-0.25, -0.2) is 0 Å². The predicted octanol–water partition coefficient (Wildman–Crippen LogP) is 3.83. The van der Waals surface area contributed by atoms with Crippen molar-refractivity contribution >= 4 is 35.2 Å². The first-order valence-corrected chi connectivity index (χ1v) is 9.87. The van der Waals surface area contributed by atoms with Crippen LogP contribution in [0.3, 0.4) is 0 Å². The van der Waals surface area contributed by atoms with Gasteiger partial charge in [-0.1, -0.05) is 36.7 Å². The molecular formula is C22H23ClN2O4. The van der Waals surface area contributed by atoms with Crippen LogP contribution in [0.1, 0.15) is 24.5 Å². The van der Waals surface area contributed by atoms with E-state index in [1.165, 1.54) is 6.08 Å². The molecule has 0 spiro atoms. The van der Waals surface area contributed by atoms with E-state index in [9.17, 15) is 9.59 Å². The number of benzene rings is 2. The Morgan fingerprint density at radius 1 is 1.17 bits per heavy atom. The molecule has 2 aromatic rings. The second-order valence-corrected chi connectivity index (χ2v) is 6.90. The molecule has 2 amide bonds. The number of carbonyl (C=O) groups excluding carboxylic acids is 2. The quantitative estimate of drug-likeness (QED) is 0.704. The number of anilines is 1.